The molecule has 0 radical (unpaired) electrons. The lowest BCUT2D eigenvalue weighted by Crippen LogP contribution is -2.42. The summed E-state index contributed by atoms with van der Waals surface area (Å²) in [6.45, 7) is 2.43. The van der Waals surface area contributed by atoms with Crippen molar-refractivity contribution in [2.24, 2.45) is 22.9 Å². The van der Waals surface area contributed by atoms with Gasteiger partial charge in [-0.25, -0.2) is 22.3 Å². The van der Waals surface area contributed by atoms with E-state index in [0.717, 1.165) is 31.2 Å². The number of alkyl halides is 2. The Balaban J connectivity index is 1.39. The van der Waals surface area contributed by atoms with Gasteiger partial charge in [0.15, 0.2) is 0 Å². The molecule has 0 aromatic heterocycles. The average Bonchev–Trinajstić information content (AvgIpc) is 3.64. The Hall–Kier alpha value is -3.05. The van der Waals surface area contributed by atoms with Gasteiger partial charge in [-0.2, -0.15) is 0 Å². The number of hydrogen-bond acceptors (Lipinski definition) is 5. The Morgan fingerprint density at radius 1 is 0.956 bits per heavy atom. The number of hydrogen-bond donors (Lipinski definition) is 2. The number of halogens is 3. The van der Waals surface area contributed by atoms with Crippen LogP contribution in [0.1, 0.15) is 49.1 Å². The van der Waals surface area contributed by atoms with Gasteiger partial charge in [-0.3, -0.25) is 4.79 Å². The maximum atomic E-state index is 16.9. The molecule has 0 unspecified atom stereocenters. The van der Waals surface area contributed by atoms with Crippen LogP contribution in [0, 0.1) is 17.8 Å². The number of nitrogens with one attached hydrogen (secondary N) is 1. The standard InChI is InChI=1S/C34H38ClF2N3O4S/c35-28-12-8-24(9-13-28)23-6-10-27(11-7-23)34(36,37)32(33(41)40-19-25-17-39-18-26(25)20-40)30-16-29(14-15-31(30)45(38,42)43)44-21-22-4-2-1-3-5-22/h6-16,22,25-26,32,39H,1-5,17-21H2,(H2,38,42,43)/t25-,26+,32-/m0/s1. The Morgan fingerprint density at radius 3 is 2.16 bits per heavy atom. The molecule has 240 valence electrons. The van der Waals surface area contributed by atoms with Crippen LogP contribution in [-0.4, -0.2) is 52.0 Å². The zero-order chi connectivity index (χ0) is 31.8. The highest BCUT2D eigenvalue weighted by molar-refractivity contribution is 7.89. The van der Waals surface area contributed by atoms with E-state index in [0.29, 0.717) is 49.3 Å². The molecular weight excluding hydrogens is 620 g/mol. The topological polar surface area (TPSA) is 102 Å². The summed E-state index contributed by atoms with van der Waals surface area (Å²) in [7, 11) is -4.47. The minimum Gasteiger partial charge on any atom is -0.493 e. The first-order valence-corrected chi connectivity index (χ1v) is 17.5. The lowest BCUT2D eigenvalue weighted by atomic mass is 9.86. The van der Waals surface area contributed by atoms with E-state index in [2.05, 4.69) is 5.32 Å². The second-order valence-corrected chi connectivity index (χ2v) is 14.6. The first-order chi connectivity index (χ1) is 21.5. The lowest BCUT2D eigenvalue weighted by molar-refractivity contribution is -0.143. The van der Waals surface area contributed by atoms with Crippen molar-refractivity contribution in [2.75, 3.05) is 32.8 Å². The van der Waals surface area contributed by atoms with Crippen molar-refractivity contribution in [3.05, 3.63) is 82.9 Å². The largest absolute Gasteiger partial charge is 0.493 e. The van der Waals surface area contributed by atoms with E-state index in [1.807, 2.05) is 0 Å². The third-order valence-corrected chi connectivity index (χ3v) is 10.8. The monoisotopic (exact) mass is 657 g/mol. The van der Waals surface area contributed by atoms with Gasteiger partial charge in [0.2, 0.25) is 15.9 Å². The molecule has 3 aliphatic rings. The minimum absolute atomic E-state index is 0.157. The summed E-state index contributed by atoms with van der Waals surface area (Å²) in [4.78, 5) is 15.2. The van der Waals surface area contributed by atoms with Crippen LogP contribution >= 0.6 is 11.6 Å². The van der Waals surface area contributed by atoms with Crippen LogP contribution in [0.3, 0.4) is 0 Å². The van der Waals surface area contributed by atoms with Gasteiger partial charge in [0.05, 0.1) is 11.5 Å². The molecule has 2 aliphatic heterocycles. The SMILES string of the molecule is NS(=O)(=O)c1ccc(OCC2CCCCC2)cc1[C@@H](C(=O)N1C[C@H]2CNC[C@H]2C1)C(F)(F)c1ccc(-c2ccc(Cl)cc2)cc1. The van der Waals surface area contributed by atoms with Crippen molar-refractivity contribution < 1.29 is 26.7 Å². The highest BCUT2D eigenvalue weighted by Crippen LogP contribution is 2.47. The third kappa shape index (κ3) is 6.89. The quantitative estimate of drug-likeness (QED) is 0.287. The number of ether oxygens (including phenoxy) is 1. The summed E-state index contributed by atoms with van der Waals surface area (Å²) in [6, 6.07) is 16.6. The molecule has 11 heteroatoms. The Bertz CT molecular complexity index is 1620. The van der Waals surface area contributed by atoms with Crippen LogP contribution in [0.25, 0.3) is 11.1 Å². The fourth-order valence-corrected chi connectivity index (χ4v) is 7.95. The van der Waals surface area contributed by atoms with Crippen LogP contribution in [0.15, 0.2) is 71.6 Å². The van der Waals surface area contributed by atoms with E-state index in [-0.39, 0.29) is 23.1 Å². The molecule has 0 bridgehead atoms. The fraction of sp³-hybridized carbons (Fsp3) is 0.441. The zero-order valence-electron chi connectivity index (χ0n) is 24.9. The molecular formula is C34H38ClF2N3O4S. The van der Waals surface area contributed by atoms with Gasteiger partial charge >= 0.3 is 0 Å². The number of amides is 1. The van der Waals surface area contributed by atoms with Gasteiger partial charge in [-0.05, 0) is 77.6 Å². The van der Waals surface area contributed by atoms with Crippen molar-refractivity contribution in [2.45, 2.75) is 48.8 Å². The van der Waals surface area contributed by atoms with Crippen LogP contribution in [0.5, 0.6) is 5.75 Å². The fourth-order valence-electron chi connectivity index (χ4n) is 7.06. The molecule has 3 N–H and O–H groups in total. The van der Waals surface area contributed by atoms with E-state index in [1.54, 1.807) is 36.4 Å². The number of benzene rings is 3. The molecule has 7 nitrogen and oxygen atoms in total. The number of nitrogens with zero attached hydrogens (tertiary/aromatic N) is 1. The summed E-state index contributed by atoms with van der Waals surface area (Å²) in [5, 5.41) is 9.44. The van der Waals surface area contributed by atoms with Gasteiger partial charge in [0.1, 0.15) is 11.7 Å². The number of carbonyl (C=O) groups excluding carboxylic acids is 1. The summed E-state index contributed by atoms with van der Waals surface area (Å²) >= 11 is 6.01. The number of nitrogens with two attached hydrogens (primary N) is 1. The number of fused-ring (bicyclic) bond motifs is 1. The van der Waals surface area contributed by atoms with Crippen LogP contribution < -0.4 is 15.2 Å². The van der Waals surface area contributed by atoms with E-state index in [9.17, 15) is 13.2 Å². The summed E-state index contributed by atoms with van der Waals surface area (Å²) in [5.74, 6) is -5.88. The lowest BCUT2D eigenvalue weighted by Gasteiger charge is -2.32. The summed E-state index contributed by atoms with van der Waals surface area (Å²) in [6.07, 6.45) is 5.42. The van der Waals surface area contributed by atoms with Crippen LogP contribution in [0.4, 0.5) is 8.78 Å². The van der Waals surface area contributed by atoms with E-state index >= 15 is 8.78 Å². The molecule has 1 amide bonds. The maximum absolute atomic E-state index is 16.9. The Morgan fingerprint density at radius 2 is 1.56 bits per heavy atom. The minimum atomic E-state index is -4.47. The van der Waals surface area contributed by atoms with E-state index < -0.39 is 38.2 Å². The van der Waals surface area contributed by atoms with Crippen molar-refractivity contribution in [1.82, 2.24) is 10.2 Å². The Kier molecular flexibility index (Phi) is 9.21. The molecule has 45 heavy (non-hydrogen) atoms. The zero-order valence-corrected chi connectivity index (χ0v) is 26.5. The molecule has 2 heterocycles. The van der Waals surface area contributed by atoms with Crippen molar-refractivity contribution >= 4 is 27.5 Å². The molecule has 1 aliphatic carbocycles. The molecule has 1 saturated carbocycles. The summed E-state index contributed by atoms with van der Waals surface area (Å²) < 4.78 is 65.5. The summed E-state index contributed by atoms with van der Waals surface area (Å²) in [5.41, 5.74) is 0.717. The van der Waals surface area contributed by atoms with Crippen molar-refractivity contribution in [3.63, 3.8) is 0 Å². The first kappa shape index (κ1) is 31.9. The van der Waals surface area contributed by atoms with Gasteiger partial charge in [-0.15, -0.1) is 0 Å². The van der Waals surface area contributed by atoms with Gasteiger partial charge in [0, 0.05) is 36.8 Å². The number of sulfonamides is 1. The second kappa shape index (κ2) is 13.0. The van der Waals surface area contributed by atoms with Gasteiger partial charge < -0.3 is 15.0 Å². The van der Waals surface area contributed by atoms with Gasteiger partial charge in [0.25, 0.3) is 5.92 Å². The number of carbonyl (C=O) groups is 1. The maximum Gasteiger partial charge on any atom is 0.288 e. The molecule has 2 saturated heterocycles. The number of primary sulfonamides is 1. The molecule has 6 rings (SSSR count). The van der Waals surface area contributed by atoms with Crippen LogP contribution in [-0.2, 0) is 20.7 Å². The molecule has 3 aromatic carbocycles. The van der Waals surface area contributed by atoms with Crippen molar-refractivity contribution in [1.29, 1.82) is 0 Å². The predicted octanol–water partition coefficient (Wildman–Crippen LogP) is 6.17. The van der Waals surface area contributed by atoms with Gasteiger partial charge in [-0.1, -0.05) is 67.3 Å². The second-order valence-electron chi connectivity index (χ2n) is 12.6. The number of likely N-dealkylation sites (tertiary alicyclic amines) is 1. The van der Waals surface area contributed by atoms with E-state index in [4.69, 9.17) is 21.5 Å². The first-order valence-electron chi connectivity index (χ1n) is 15.5. The molecule has 3 aromatic rings. The normalized spacial score (nSPS) is 21.5. The number of rotatable bonds is 9. The average molecular weight is 658 g/mol. The third-order valence-electron chi connectivity index (χ3n) is 9.57. The highest BCUT2D eigenvalue weighted by atomic mass is 35.5. The smallest absolute Gasteiger partial charge is 0.288 e. The highest BCUT2D eigenvalue weighted by Gasteiger charge is 2.52. The van der Waals surface area contributed by atoms with Crippen LogP contribution in [0.2, 0.25) is 5.02 Å². The Labute approximate surface area is 268 Å². The predicted molar refractivity (Wildman–Crippen MR) is 170 cm³/mol. The molecule has 3 fully saturated rings. The molecule has 0 spiro atoms. The van der Waals surface area contributed by atoms with E-state index in [1.165, 1.54) is 41.7 Å². The molecule has 3 atom stereocenters. The van der Waals surface area contributed by atoms with Crippen molar-refractivity contribution in [3.8, 4) is 16.9 Å².